The number of aryl methyl sites for hydroxylation is 2. The van der Waals surface area contributed by atoms with Gasteiger partial charge in [0.15, 0.2) is 5.82 Å². The topological polar surface area (TPSA) is 64.0 Å². The summed E-state index contributed by atoms with van der Waals surface area (Å²) in [7, 11) is -3.80. The highest BCUT2D eigenvalue weighted by Gasteiger charge is 2.19. The van der Waals surface area contributed by atoms with Gasteiger partial charge in [0, 0.05) is 6.20 Å². The Morgan fingerprint density at radius 2 is 1.70 bits per heavy atom. The van der Waals surface area contributed by atoms with Gasteiger partial charge in [0.2, 0.25) is 0 Å². The SMILES string of the molecule is Cc1ccc(S(=O)(=O)Nc2nn(Cc3ccc(Cl)c(Cl)c3)cc2Cl)cc1C. The Morgan fingerprint density at radius 3 is 2.37 bits per heavy atom. The highest BCUT2D eigenvalue weighted by atomic mass is 35.5. The van der Waals surface area contributed by atoms with E-state index in [1.165, 1.54) is 4.68 Å². The molecule has 2 aromatic carbocycles. The number of hydrogen-bond donors (Lipinski definition) is 1. The fraction of sp³-hybridized carbons (Fsp3) is 0.167. The molecule has 1 heterocycles. The van der Waals surface area contributed by atoms with E-state index in [2.05, 4.69) is 9.82 Å². The van der Waals surface area contributed by atoms with Crippen LogP contribution < -0.4 is 4.72 Å². The van der Waals surface area contributed by atoms with E-state index in [0.29, 0.717) is 16.6 Å². The molecule has 5 nitrogen and oxygen atoms in total. The van der Waals surface area contributed by atoms with Crippen LogP contribution in [0.15, 0.2) is 47.5 Å². The van der Waals surface area contributed by atoms with E-state index in [1.807, 2.05) is 19.9 Å². The second kappa shape index (κ2) is 7.72. The van der Waals surface area contributed by atoms with Gasteiger partial charge in [0.1, 0.15) is 5.02 Å². The van der Waals surface area contributed by atoms with Gasteiger partial charge >= 0.3 is 0 Å². The number of anilines is 1. The highest BCUT2D eigenvalue weighted by Crippen LogP contribution is 2.26. The maximum Gasteiger partial charge on any atom is 0.263 e. The normalized spacial score (nSPS) is 11.6. The van der Waals surface area contributed by atoms with E-state index in [9.17, 15) is 8.42 Å². The van der Waals surface area contributed by atoms with Crippen molar-refractivity contribution in [3.8, 4) is 0 Å². The first-order chi connectivity index (χ1) is 12.7. The van der Waals surface area contributed by atoms with Crippen LogP contribution in [-0.4, -0.2) is 18.2 Å². The van der Waals surface area contributed by atoms with Gasteiger partial charge in [-0.1, -0.05) is 46.9 Å². The number of aromatic nitrogens is 2. The Kier molecular flexibility index (Phi) is 5.72. The van der Waals surface area contributed by atoms with Crippen molar-refractivity contribution in [3.05, 3.63) is 74.4 Å². The third-order valence-corrected chi connectivity index (χ3v) is 6.42. The van der Waals surface area contributed by atoms with E-state index in [4.69, 9.17) is 34.8 Å². The summed E-state index contributed by atoms with van der Waals surface area (Å²) in [6.07, 6.45) is 1.54. The Hall–Kier alpha value is -1.73. The summed E-state index contributed by atoms with van der Waals surface area (Å²) in [5.41, 5.74) is 2.75. The first-order valence-electron chi connectivity index (χ1n) is 7.92. The molecule has 0 amide bonds. The summed E-state index contributed by atoms with van der Waals surface area (Å²) in [5.74, 6) is 0.0648. The van der Waals surface area contributed by atoms with E-state index >= 15 is 0 Å². The predicted octanol–water partition coefficient (Wildman–Crippen LogP) is 5.31. The molecule has 0 unspecified atom stereocenters. The molecule has 3 aromatic rings. The Bertz CT molecular complexity index is 1110. The summed E-state index contributed by atoms with van der Waals surface area (Å²) < 4.78 is 29.2. The zero-order chi connectivity index (χ0) is 19.8. The van der Waals surface area contributed by atoms with Crippen molar-refractivity contribution in [2.24, 2.45) is 0 Å². The third-order valence-electron chi connectivity index (χ3n) is 4.07. The van der Waals surface area contributed by atoms with Gasteiger partial charge in [0.25, 0.3) is 10.0 Å². The van der Waals surface area contributed by atoms with Crippen LogP contribution in [-0.2, 0) is 16.6 Å². The van der Waals surface area contributed by atoms with Gasteiger partial charge in [-0.25, -0.2) is 8.42 Å². The van der Waals surface area contributed by atoms with Crippen LogP contribution in [0.3, 0.4) is 0 Å². The average molecular weight is 445 g/mol. The van der Waals surface area contributed by atoms with Gasteiger partial charge in [-0.2, -0.15) is 5.10 Å². The van der Waals surface area contributed by atoms with E-state index in [0.717, 1.165) is 16.7 Å². The lowest BCUT2D eigenvalue weighted by Crippen LogP contribution is -2.14. The maximum atomic E-state index is 12.6. The maximum absolute atomic E-state index is 12.6. The molecule has 0 bridgehead atoms. The molecule has 1 aromatic heterocycles. The van der Waals surface area contributed by atoms with Gasteiger partial charge in [-0.3, -0.25) is 9.40 Å². The molecule has 0 saturated carbocycles. The highest BCUT2D eigenvalue weighted by molar-refractivity contribution is 7.92. The largest absolute Gasteiger partial charge is 0.265 e. The minimum absolute atomic E-state index is 0.0648. The van der Waals surface area contributed by atoms with Crippen LogP contribution in [0.5, 0.6) is 0 Å². The molecule has 0 aliphatic rings. The predicted molar refractivity (Wildman–Crippen MR) is 110 cm³/mol. The fourth-order valence-electron chi connectivity index (χ4n) is 2.44. The Balaban J connectivity index is 1.83. The first kappa shape index (κ1) is 20.0. The van der Waals surface area contributed by atoms with Crippen LogP contribution in [0.1, 0.15) is 16.7 Å². The van der Waals surface area contributed by atoms with Crippen molar-refractivity contribution in [1.82, 2.24) is 9.78 Å². The summed E-state index contributed by atoms with van der Waals surface area (Å²) in [6.45, 7) is 4.13. The molecule has 1 N–H and O–H groups in total. The van der Waals surface area contributed by atoms with Crippen molar-refractivity contribution in [2.45, 2.75) is 25.3 Å². The van der Waals surface area contributed by atoms with Crippen molar-refractivity contribution in [1.29, 1.82) is 0 Å². The van der Waals surface area contributed by atoms with Crippen LogP contribution in [0, 0.1) is 13.8 Å². The number of rotatable bonds is 5. The number of halogens is 3. The lowest BCUT2D eigenvalue weighted by molar-refractivity contribution is 0.600. The second-order valence-corrected chi connectivity index (χ2v) is 9.03. The minimum atomic E-state index is -3.80. The summed E-state index contributed by atoms with van der Waals surface area (Å²) >= 11 is 18.1. The molecule has 142 valence electrons. The van der Waals surface area contributed by atoms with Crippen molar-refractivity contribution in [2.75, 3.05) is 4.72 Å². The molecule has 0 atom stereocenters. The quantitative estimate of drug-likeness (QED) is 0.580. The standard InChI is InChI=1S/C18H16Cl3N3O2S/c1-11-3-5-14(7-12(11)2)27(25,26)23-18-17(21)10-24(22-18)9-13-4-6-15(19)16(20)8-13/h3-8,10H,9H2,1-2H3,(H,22,23). The number of benzene rings is 2. The zero-order valence-electron chi connectivity index (χ0n) is 14.5. The van der Waals surface area contributed by atoms with Crippen molar-refractivity contribution >= 4 is 50.6 Å². The molecule has 0 fully saturated rings. The molecule has 0 saturated heterocycles. The molecular weight excluding hydrogens is 429 g/mol. The molecule has 0 radical (unpaired) electrons. The molecule has 0 aliphatic carbocycles. The number of nitrogens with one attached hydrogen (secondary N) is 1. The molecule has 0 aliphatic heterocycles. The summed E-state index contributed by atoms with van der Waals surface area (Å²) in [4.78, 5) is 0.153. The van der Waals surface area contributed by atoms with Crippen LogP contribution in [0.2, 0.25) is 15.1 Å². The molecular formula is C18H16Cl3N3O2S. The first-order valence-corrected chi connectivity index (χ1v) is 10.5. The Labute approximate surface area is 172 Å². The lowest BCUT2D eigenvalue weighted by atomic mass is 10.1. The third kappa shape index (κ3) is 4.58. The van der Waals surface area contributed by atoms with Gasteiger partial charge in [-0.15, -0.1) is 0 Å². The van der Waals surface area contributed by atoms with Gasteiger partial charge in [-0.05, 0) is 54.8 Å². The molecule has 27 heavy (non-hydrogen) atoms. The average Bonchev–Trinajstić information content (AvgIpc) is 2.92. The second-order valence-electron chi connectivity index (χ2n) is 6.12. The van der Waals surface area contributed by atoms with Gasteiger partial charge < -0.3 is 0 Å². The van der Waals surface area contributed by atoms with E-state index < -0.39 is 10.0 Å². The Morgan fingerprint density at radius 1 is 0.963 bits per heavy atom. The van der Waals surface area contributed by atoms with Crippen molar-refractivity contribution in [3.63, 3.8) is 0 Å². The number of sulfonamides is 1. The minimum Gasteiger partial charge on any atom is -0.265 e. The van der Waals surface area contributed by atoms with Crippen LogP contribution in [0.4, 0.5) is 5.82 Å². The lowest BCUT2D eigenvalue weighted by Gasteiger charge is -2.08. The monoisotopic (exact) mass is 443 g/mol. The van der Waals surface area contributed by atoms with Crippen molar-refractivity contribution < 1.29 is 8.42 Å². The number of nitrogens with zero attached hydrogens (tertiary/aromatic N) is 2. The summed E-state index contributed by atoms with van der Waals surface area (Å²) in [6, 6.07) is 10.1. The van der Waals surface area contributed by atoms with Gasteiger partial charge in [0.05, 0.1) is 21.5 Å². The van der Waals surface area contributed by atoms with Crippen LogP contribution in [0.25, 0.3) is 0 Å². The number of hydrogen-bond acceptors (Lipinski definition) is 3. The van der Waals surface area contributed by atoms with E-state index in [-0.39, 0.29) is 15.7 Å². The fourth-order valence-corrected chi connectivity index (χ4v) is 4.12. The van der Waals surface area contributed by atoms with Crippen LogP contribution >= 0.6 is 34.8 Å². The molecule has 9 heteroatoms. The zero-order valence-corrected chi connectivity index (χ0v) is 17.6. The summed E-state index contributed by atoms with van der Waals surface area (Å²) in [5, 5.41) is 5.32. The smallest absolute Gasteiger partial charge is 0.263 e. The molecule has 0 spiro atoms. The van der Waals surface area contributed by atoms with E-state index in [1.54, 1.807) is 36.5 Å². The molecule has 3 rings (SSSR count).